The van der Waals surface area contributed by atoms with Crippen LogP contribution in [0.4, 0.5) is 5.69 Å². The average molecular weight is 568 g/mol. The van der Waals surface area contributed by atoms with E-state index in [1.807, 2.05) is 18.2 Å². The molecule has 0 saturated heterocycles. The van der Waals surface area contributed by atoms with Gasteiger partial charge in [-0.2, -0.15) is 9.57 Å². The minimum atomic E-state index is -3.48. The molecule has 186 valence electrons. The van der Waals surface area contributed by atoms with Gasteiger partial charge in [-0.3, -0.25) is 4.98 Å². The molecule has 34 heavy (non-hydrogen) atoms. The van der Waals surface area contributed by atoms with E-state index in [0.29, 0.717) is 25.1 Å². The van der Waals surface area contributed by atoms with Crippen molar-refractivity contribution >= 4 is 65.3 Å². The smallest absolute Gasteiger partial charge is 0.211 e. The van der Waals surface area contributed by atoms with E-state index in [2.05, 4.69) is 25.9 Å². The highest BCUT2D eigenvalue weighted by molar-refractivity contribution is 7.88. The van der Waals surface area contributed by atoms with Gasteiger partial charge in [-0.25, -0.2) is 13.4 Å². The number of halogens is 4. The summed E-state index contributed by atoms with van der Waals surface area (Å²) in [6.07, 6.45) is 8.64. The van der Waals surface area contributed by atoms with Gasteiger partial charge in [0, 0.05) is 43.4 Å². The Morgan fingerprint density at radius 1 is 1.15 bits per heavy atom. The Bertz CT molecular complexity index is 1170. The van der Waals surface area contributed by atoms with Crippen LogP contribution in [0, 0.1) is 11.3 Å². The molecule has 0 fully saturated rings. The predicted molar refractivity (Wildman–Crippen MR) is 142 cm³/mol. The Balaban J connectivity index is 0.00000272. The number of pyridine rings is 1. The number of hydrogen-bond acceptors (Lipinski definition) is 6. The first kappa shape index (κ1) is 31.9. The second-order valence-corrected chi connectivity index (χ2v) is 9.38. The molecule has 1 atom stereocenters. The fourth-order valence-corrected chi connectivity index (χ4v) is 4.96. The standard InChI is InChI=1S/C21H22N6O2S.4ClH/c1-30(28,29)27-12-18-7-16(9-22)4-5-21(18)26(13-19-11-24-15-25-19)14-20(27)8-17-3-2-6-23-10-17;;;;/h2-7,10-11,15,20H,8,12-14H2,1H3,(H,24,25);4*1H/t20-;;;;/m1..../s1. The summed E-state index contributed by atoms with van der Waals surface area (Å²) in [5.41, 5.74) is 4.15. The summed E-state index contributed by atoms with van der Waals surface area (Å²) in [4.78, 5) is 13.5. The van der Waals surface area contributed by atoms with Crippen molar-refractivity contribution in [3.8, 4) is 6.07 Å². The third-order valence-corrected chi connectivity index (χ3v) is 6.53. The van der Waals surface area contributed by atoms with E-state index in [4.69, 9.17) is 0 Å². The molecular formula is C21H26Cl4N6O2S. The summed E-state index contributed by atoms with van der Waals surface area (Å²) in [5.74, 6) is 0. The molecule has 0 aliphatic carbocycles. The van der Waals surface area contributed by atoms with Crippen molar-refractivity contribution in [3.63, 3.8) is 0 Å². The largest absolute Gasteiger partial charge is 0.364 e. The van der Waals surface area contributed by atoms with Crippen LogP contribution in [0.5, 0.6) is 0 Å². The highest BCUT2D eigenvalue weighted by Gasteiger charge is 2.33. The van der Waals surface area contributed by atoms with Crippen molar-refractivity contribution in [2.75, 3.05) is 17.7 Å². The third-order valence-electron chi connectivity index (χ3n) is 5.25. The maximum Gasteiger partial charge on any atom is 0.211 e. The van der Waals surface area contributed by atoms with E-state index in [1.54, 1.807) is 37.1 Å². The highest BCUT2D eigenvalue weighted by atomic mass is 35.5. The Hall–Kier alpha value is -2.06. The van der Waals surface area contributed by atoms with Crippen molar-refractivity contribution in [1.29, 1.82) is 5.26 Å². The number of hydrogen-bond donors (Lipinski definition) is 1. The number of nitrogens with zero attached hydrogens (tertiary/aromatic N) is 5. The Kier molecular flexibility index (Phi) is 12.9. The lowest BCUT2D eigenvalue weighted by atomic mass is 10.1. The van der Waals surface area contributed by atoms with Crippen LogP contribution in [-0.4, -0.2) is 46.5 Å². The molecule has 0 radical (unpaired) electrons. The summed E-state index contributed by atoms with van der Waals surface area (Å²) in [6.45, 7) is 1.27. The fraction of sp³-hybridized carbons (Fsp3) is 0.286. The van der Waals surface area contributed by atoms with Crippen molar-refractivity contribution < 1.29 is 8.42 Å². The van der Waals surface area contributed by atoms with Crippen LogP contribution in [-0.2, 0) is 29.5 Å². The van der Waals surface area contributed by atoms with Gasteiger partial charge in [0.25, 0.3) is 0 Å². The molecule has 13 heteroatoms. The quantitative estimate of drug-likeness (QED) is 0.503. The molecule has 0 saturated carbocycles. The molecule has 8 nitrogen and oxygen atoms in total. The number of benzene rings is 1. The normalized spacial score (nSPS) is 15.2. The van der Waals surface area contributed by atoms with Gasteiger partial charge in [0.05, 0.1) is 36.5 Å². The summed E-state index contributed by atoms with van der Waals surface area (Å²) in [7, 11) is -3.48. The average Bonchev–Trinajstić information content (AvgIpc) is 3.18. The van der Waals surface area contributed by atoms with Crippen LogP contribution in [0.3, 0.4) is 0 Å². The molecule has 0 amide bonds. The van der Waals surface area contributed by atoms with Crippen molar-refractivity contribution in [2.45, 2.75) is 25.6 Å². The molecule has 3 aromatic rings. The number of nitriles is 1. The van der Waals surface area contributed by atoms with Gasteiger partial charge in [-0.05, 0) is 41.8 Å². The molecule has 4 rings (SSSR count). The number of imidazole rings is 1. The maximum atomic E-state index is 12.7. The Labute approximate surface area is 224 Å². The van der Waals surface area contributed by atoms with E-state index in [1.165, 1.54) is 10.6 Å². The van der Waals surface area contributed by atoms with Gasteiger partial charge >= 0.3 is 0 Å². The number of anilines is 1. The molecule has 2 aromatic heterocycles. The first-order valence-electron chi connectivity index (χ1n) is 9.55. The minimum absolute atomic E-state index is 0. The van der Waals surface area contributed by atoms with Crippen LogP contribution >= 0.6 is 49.6 Å². The molecule has 1 N–H and O–H groups in total. The molecule has 1 aliphatic heterocycles. The van der Waals surface area contributed by atoms with E-state index < -0.39 is 10.0 Å². The molecule has 1 aromatic carbocycles. The number of aromatic amines is 1. The molecule has 0 bridgehead atoms. The molecule has 3 heterocycles. The lowest BCUT2D eigenvalue weighted by molar-refractivity contribution is 0.320. The van der Waals surface area contributed by atoms with Crippen molar-refractivity contribution in [1.82, 2.24) is 19.3 Å². The fourth-order valence-electron chi connectivity index (χ4n) is 3.90. The van der Waals surface area contributed by atoms with E-state index in [9.17, 15) is 13.7 Å². The summed E-state index contributed by atoms with van der Waals surface area (Å²) in [6, 6.07) is 11.1. The third kappa shape index (κ3) is 7.47. The van der Waals surface area contributed by atoms with Gasteiger partial charge in [0.1, 0.15) is 0 Å². The van der Waals surface area contributed by atoms with Crippen LogP contribution < -0.4 is 4.90 Å². The number of H-pyrrole nitrogens is 1. The molecular weight excluding hydrogens is 542 g/mol. The number of nitrogens with one attached hydrogen (secondary N) is 1. The predicted octanol–water partition coefficient (Wildman–Crippen LogP) is 3.76. The molecule has 0 unspecified atom stereocenters. The van der Waals surface area contributed by atoms with Gasteiger partial charge in [-0.15, -0.1) is 49.6 Å². The van der Waals surface area contributed by atoms with Crippen molar-refractivity contribution in [2.24, 2.45) is 0 Å². The minimum Gasteiger partial charge on any atom is -0.364 e. The first-order chi connectivity index (χ1) is 14.4. The number of sulfonamides is 1. The van der Waals surface area contributed by atoms with E-state index in [-0.39, 0.29) is 62.2 Å². The van der Waals surface area contributed by atoms with Crippen LogP contribution in [0.1, 0.15) is 22.4 Å². The second-order valence-electron chi connectivity index (χ2n) is 7.44. The van der Waals surface area contributed by atoms with Crippen molar-refractivity contribution in [3.05, 3.63) is 77.6 Å². The zero-order valence-electron chi connectivity index (χ0n) is 18.2. The summed E-state index contributed by atoms with van der Waals surface area (Å²) in [5, 5.41) is 9.34. The van der Waals surface area contributed by atoms with Crippen LogP contribution in [0.2, 0.25) is 0 Å². The topological polar surface area (TPSA) is 106 Å². The molecule has 1 aliphatic rings. The SMILES string of the molecule is CS(=O)(=O)N1Cc2cc(C#N)ccc2N(Cc2cnc[nH]2)C[C@H]1Cc1cccnc1.Cl.Cl.Cl.Cl. The zero-order chi connectivity index (χ0) is 21.1. The second kappa shape index (κ2) is 13.7. The number of rotatable bonds is 5. The van der Waals surface area contributed by atoms with Gasteiger partial charge < -0.3 is 9.88 Å². The van der Waals surface area contributed by atoms with Gasteiger partial charge in [0.2, 0.25) is 10.0 Å². The monoisotopic (exact) mass is 566 g/mol. The zero-order valence-corrected chi connectivity index (χ0v) is 22.3. The Morgan fingerprint density at radius 3 is 2.50 bits per heavy atom. The number of aromatic nitrogens is 3. The van der Waals surface area contributed by atoms with Crippen LogP contribution in [0.15, 0.2) is 55.2 Å². The summed E-state index contributed by atoms with van der Waals surface area (Å²) >= 11 is 0. The van der Waals surface area contributed by atoms with E-state index >= 15 is 0 Å². The van der Waals surface area contributed by atoms with Crippen LogP contribution in [0.25, 0.3) is 0 Å². The first-order valence-corrected chi connectivity index (χ1v) is 11.4. The lowest BCUT2D eigenvalue weighted by Crippen LogP contribution is -2.45. The summed E-state index contributed by atoms with van der Waals surface area (Å²) < 4.78 is 27.0. The van der Waals surface area contributed by atoms with Gasteiger partial charge in [-0.1, -0.05) is 6.07 Å². The van der Waals surface area contributed by atoms with E-state index in [0.717, 1.165) is 22.5 Å². The maximum absolute atomic E-state index is 12.7. The number of fused-ring (bicyclic) bond motifs is 1. The Morgan fingerprint density at radius 2 is 1.91 bits per heavy atom. The highest BCUT2D eigenvalue weighted by Crippen LogP contribution is 2.31. The molecule has 0 spiro atoms. The van der Waals surface area contributed by atoms with Gasteiger partial charge in [0.15, 0.2) is 0 Å². The lowest BCUT2D eigenvalue weighted by Gasteiger charge is -2.31.